The maximum absolute atomic E-state index is 11.7. The molecule has 0 saturated heterocycles. The molecule has 5 heteroatoms. The molecule has 2 amide bonds. The van der Waals surface area contributed by atoms with E-state index in [9.17, 15) is 9.59 Å². The van der Waals surface area contributed by atoms with Crippen molar-refractivity contribution in [3.63, 3.8) is 0 Å². The molecule has 16 heavy (non-hydrogen) atoms. The van der Waals surface area contributed by atoms with E-state index in [0.29, 0.717) is 11.4 Å². The fourth-order valence-corrected chi connectivity index (χ4v) is 1.49. The van der Waals surface area contributed by atoms with Gasteiger partial charge in [-0.2, -0.15) is 0 Å². The SMILES string of the molecule is Cc1ccc2c(c1)O[C@@](C)(C(N)=O)C(=O)N2. The van der Waals surface area contributed by atoms with Crippen molar-refractivity contribution < 1.29 is 14.3 Å². The van der Waals surface area contributed by atoms with Crippen LogP contribution < -0.4 is 15.8 Å². The van der Waals surface area contributed by atoms with Crippen LogP contribution in [0.15, 0.2) is 18.2 Å². The Morgan fingerprint density at radius 1 is 1.50 bits per heavy atom. The minimum absolute atomic E-state index is 0.459. The zero-order valence-corrected chi connectivity index (χ0v) is 9.03. The minimum atomic E-state index is -1.64. The third-order valence-corrected chi connectivity index (χ3v) is 2.60. The van der Waals surface area contributed by atoms with Gasteiger partial charge in [0.15, 0.2) is 0 Å². The molecule has 3 N–H and O–H groups in total. The van der Waals surface area contributed by atoms with Crippen molar-refractivity contribution in [2.45, 2.75) is 19.4 Å². The lowest BCUT2D eigenvalue weighted by atomic mass is 10.0. The number of hydrogen-bond donors (Lipinski definition) is 2. The molecule has 0 unspecified atom stereocenters. The molecule has 84 valence electrons. The molecule has 5 nitrogen and oxygen atoms in total. The Labute approximate surface area is 92.6 Å². The van der Waals surface area contributed by atoms with Crippen molar-refractivity contribution in [3.8, 4) is 5.75 Å². The molecule has 0 radical (unpaired) electrons. The van der Waals surface area contributed by atoms with Gasteiger partial charge in [-0.3, -0.25) is 9.59 Å². The van der Waals surface area contributed by atoms with Crippen LogP contribution in [0.3, 0.4) is 0 Å². The maximum atomic E-state index is 11.7. The molecular weight excluding hydrogens is 208 g/mol. The molecule has 1 aliphatic heterocycles. The van der Waals surface area contributed by atoms with Crippen molar-refractivity contribution in [1.82, 2.24) is 0 Å². The lowest BCUT2D eigenvalue weighted by molar-refractivity contribution is -0.144. The number of ether oxygens (including phenoxy) is 1. The van der Waals surface area contributed by atoms with E-state index < -0.39 is 17.4 Å². The van der Waals surface area contributed by atoms with Crippen molar-refractivity contribution in [1.29, 1.82) is 0 Å². The number of aryl methyl sites for hydroxylation is 1. The first kappa shape index (κ1) is 10.5. The smallest absolute Gasteiger partial charge is 0.278 e. The fourth-order valence-electron chi connectivity index (χ4n) is 1.49. The summed E-state index contributed by atoms with van der Waals surface area (Å²) < 4.78 is 5.39. The minimum Gasteiger partial charge on any atom is -0.466 e. The summed E-state index contributed by atoms with van der Waals surface area (Å²) in [5.41, 5.74) is 5.05. The Morgan fingerprint density at radius 3 is 2.81 bits per heavy atom. The molecule has 1 atom stereocenters. The van der Waals surface area contributed by atoms with Gasteiger partial charge in [-0.15, -0.1) is 0 Å². The summed E-state index contributed by atoms with van der Waals surface area (Å²) in [6, 6.07) is 5.31. The number of nitrogens with one attached hydrogen (secondary N) is 1. The summed E-state index contributed by atoms with van der Waals surface area (Å²) in [6.45, 7) is 3.25. The first-order valence-electron chi connectivity index (χ1n) is 4.84. The largest absolute Gasteiger partial charge is 0.466 e. The highest BCUT2D eigenvalue weighted by molar-refractivity contribution is 6.14. The maximum Gasteiger partial charge on any atom is 0.278 e. The number of nitrogens with two attached hydrogens (primary N) is 1. The second kappa shape index (κ2) is 3.23. The number of primary amides is 1. The van der Waals surface area contributed by atoms with Crippen LogP contribution in [0, 0.1) is 6.92 Å². The van der Waals surface area contributed by atoms with E-state index in [2.05, 4.69) is 5.32 Å². The van der Waals surface area contributed by atoms with E-state index in [-0.39, 0.29) is 0 Å². The number of anilines is 1. The number of fused-ring (bicyclic) bond motifs is 1. The number of rotatable bonds is 1. The van der Waals surface area contributed by atoms with Crippen molar-refractivity contribution in [2.24, 2.45) is 5.73 Å². The number of benzene rings is 1. The van der Waals surface area contributed by atoms with Gasteiger partial charge < -0.3 is 15.8 Å². The molecule has 2 rings (SSSR count). The van der Waals surface area contributed by atoms with E-state index in [1.54, 1.807) is 12.1 Å². The van der Waals surface area contributed by atoms with Crippen LogP contribution in [0.5, 0.6) is 5.75 Å². The van der Waals surface area contributed by atoms with Gasteiger partial charge in [0, 0.05) is 0 Å². The van der Waals surface area contributed by atoms with Gasteiger partial charge in [-0.1, -0.05) is 6.07 Å². The van der Waals surface area contributed by atoms with Gasteiger partial charge in [0.05, 0.1) is 5.69 Å². The molecule has 0 bridgehead atoms. The molecule has 1 aromatic carbocycles. The van der Waals surface area contributed by atoms with E-state index in [0.717, 1.165) is 5.56 Å². The molecule has 0 aliphatic carbocycles. The van der Waals surface area contributed by atoms with Crippen LogP contribution in [0.1, 0.15) is 12.5 Å². The van der Waals surface area contributed by atoms with Gasteiger partial charge in [0.1, 0.15) is 5.75 Å². The summed E-state index contributed by atoms with van der Waals surface area (Å²) in [4.78, 5) is 22.9. The van der Waals surface area contributed by atoms with Gasteiger partial charge in [-0.05, 0) is 31.5 Å². The Hall–Kier alpha value is -2.04. The molecule has 0 spiro atoms. The summed E-state index contributed by atoms with van der Waals surface area (Å²) in [5.74, 6) is -0.894. The predicted molar refractivity (Wildman–Crippen MR) is 58.0 cm³/mol. The van der Waals surface area contributed by atoms with E-state index in [4.69, 9.17) is 10.5 Å². The topological polar surface area (TPSA) is 81.4 Å². The Morgan fingerprint density at radius 2 is 2.19 bits per heavy atom. The predicted octanol–water partition coefficient (Wildman–Crippen LogP) is 0.570. The van der Waals surface area contributed by atoms with Crippen molar-refractivity contribution in [3.05, 3.63) is 23.8 Å². The molecule has 1 aromatic rings. The van der Waals surface area contributed by atoms with Gasteiger partial charge in [0.2, 0.25) is 0 Å². The Bertz CT molecular complexity index is 484. The van der Waals surface area contributed by atoms with Gasteiger partial charge in [-0.25, -0.2) is 0 Å². The first-order valence-corrected chi connectivity index (χ1v) is 4.84. The molecule has 0 saturated carbocycles. The van der Waals surface area contributed by atoms with E-state index in [1.807, 2.05) is 13.0 Å². The summed E-state index contributed by atoms with van der Waals surface area (Å²) in [6.07, 6.45) is 0. The zero-order valence-electron chi connectivity index (χ0n) is 9.03. The van der Waals surface area contributed by atoms with Crippen LogP contribution in [0.2, 0.25) is 0 Å². The average Bonchev–Trinajstić information content (AvgIpc) is 2.20. The van der Waals surface area contributed by atoms with Crippen molar-refractivity contribution >= 4 is 17.5 Å². The highest BCUT2D eigenvalue weighted by atomic mass is 16.5. The zero-order chi connectivity index (χ0) is 11.9. The fraction of sp³-hybridized carbons (Fsp3) is 0.273. The third kappa shape index (κ3) is 1.41. The molecule has 0 fully saturated rings. The first-order chi connectivity index (χ1) is 7.43. The molecular formula is C11H12N2O3. The number of amides is 2. The van der Waals surface area contributed by atoms with E-state index in [1.165, 1.54) is 6.92 Å². The molecule has 1 heterocycles. The second-order valence-electron chi connectivity index (χ2n) is 3.95. The molecule has 0 aromatic heterocycles. The van der Waals surface area contributed by atoms with E-state index >= 15 is 0 Å². The standard InChI is InChI=1S/C11H12N2O3/c1-6-3-4-7-8(5-6)16-11(2,9(12)14)10(15)13-7/h3-5H,1-2H3,(H2,12,14)(H,13,15)/t11-/m0/s1. The quantitative estimate of drug-likeness (QED) is 0.679. The lowest BCUT2D eigenvalue weighted by Crippen LogP contribution is -2.57. The normalized spacial score (nSPS) is 23.0. The summed E-state index contributed by atoms with van der Waals surface area (Å²) in [5, 5.41) is 2.59. The highest BCUT2D eigenvalue weighted by Gasteiger charge is 2.45. The van der Waals surface area contributed by atoms with Crippen LogP contribution in [0.25, 0.3) is 0 Å². The third-order valence-electron chi connectivity index (χ3n) is 2.60. The van der Waals surface area contributed by atoms with Gasteiger partial charge >= 0.3 is 0 Å². The Balaban J connectivity index is 2.48. The van der Waals surface area contributed by atoms with Crippen LogP contribution in [-0.4, -0.2) is 17.4 Å². The lowest BCUT2D eigenvalue weighted by Gasteiger charge is -2.32. The summed E-state index contributed by atoms with van der Waals surface area (Å²) in [7, 11) is 0. The number of hydrogen-bond acceptors (Lipinski definition) is 3. The second-order valence-corrected chi connectivity index (χ2v) is 3.95. The van der Waals surface area contributed by atoms with Gasteiger partial charge in [0.25, 0.3) is 17.4 Å². The van der Waals surface area contributed by atoms with Crippen molar-refractivity contribution in [2.75, 3.05) is 5.32 Å². The monoisotopic (exact) mass is 220 g/mol. The Kier molecular flexibility index (Phi) is 2.11. The molecule has 1 aliphatic rings. The van der Waals surface area contributed by atoms with Crippen LogP contribution in [0.4, 0.5) is 5.69 Å². The number of carbonyl (C=O) groups is 2. The van der Waals surface area contributed by atoms with Crippen LogP contribution in [-0.2, 0) is 9.59 Å². The highest BCUT2D eigenvalue weighted by Crippen LogP contribution is 2.34. The summed E-state index contributed by atoms with van der Waals surface area (Å²) >= 11 is 0. The average molecular weight is 220 g/mol. The van der Waals surface area contributed by atoms with Crippen LogP contribution >= 0.6 is 0 Å². The number of carbonyl (C=O) groups excluding carboxylic acids is 2.